The number of anilines is 3. The molecule has 1 heterocycles. The zero-order valence-corrected chi connectivity index (χ0v) is 11.4. The molecule has 1 aliphatic rings. The molecule has 1 aliphatic carbocycles. The molecule has 19 heavy (non-hydrogen) atoms. The number of halogens is 2. The molecular formula is C12H11Cl2N5. The number of hydrogen-bond donors (Lipinski definition) is 2. The number of rotatable bonds is 4. The van der Waals surface area contributed by atoms with Crippen molar-refractivity contribution >= 4 is 40.7 Å². The zero-order chi connectivity index (χ0) is 13.2. The Hall–Kier alpha value is -1.59. The summed E-state index contributed by atoms with van der Waals surface area (Å²) in [5.74, 6) is 1.12. The van der Waals surface area contributed by atoms with Crippen molar-refractivity contribution in [1.29, 1.82) is 0 Å². The van der Waals surface area contributed by atoms with Crippen LogP contribution in [0.2, 0.25) is 10.0 Å². The van der Waals surface area contributed by atoms with Crippen LogP contribution >= 0.6 is 23.2 Å². The summed E-state index contributed by atoms with van der Waals surface area (Å²) in [5, 5.41) is 15.2. The highest BCUT2D eigenvalue weighted by Crippen LogP contribution is 2.25. The van der Waals surface area contributed by atoms with Gasteiger partial charge < -0.3 is 10.6 Å². The van der Waals surface area contributed by atoms with E-state index in [9.17, 15) is 0 Å². The Balaban J connectivity index is 1.77. The molecule has 3 rings (SSSR count). The minimum absolute atomic E-state index is 0.484. The predicted octanol–water partition coefficient (Wildman–Crippen LogP) is 3.50. The molecular weight excluding hydrogens is 285 g/mol. The van der Waals surface area contributed by atoms with Gasteiger partial charge in [0.2, 0.25) is 5.95 Å². The van der Waals surface area contributed by atoms with E-state index in [1.807, 2.05) is 0 Å². The molecule has 1 fully saturated rings. The number of aromatic nitrogens is 3. The quantitative estimate of drug-likeness (QED) is 0.904. The third kappa shape index (κ3) is 3.45. The van der Waals surface area contributed by atoms with Crippen LogP contribution in [0, 0.1) is 0 Å². The molecule has 0 unspecified atom stereocenters. The van der Waals surface area contributed by atoms with Crippen molar-refractivity contribution in [3.63, 3.8) is 0 Å². The summed E-state index contributed by atoms with van der Waals surface area (Å²) in [4.78, 5) is 4.33. The highest BCUT2D eigenvalue weighted by molar-refractivity contribution is 6.35. The maximum Gasteiger partial charge on any atom is 0.244 e. The monoisotopic (exact) mass is 295 g/mol. The minimum Gasteiger partial charge on any atom is -0.350 e. The van der Waals surface area contributed by atoms with Crippen molar-refractivity contribution in [2.45, 2.75) is 18.9 Å². The third-order valence-electron chi connectivity index (χ3n) is 2.60. The first-order valence-corrected chi connectivity index (χ1v) is 6.64. The number of benzene rings is 1. The van der Waals surface area contributed by atoms with Gasteiger partial charge in [0.05, 0.1) is 6.20 Å². The lowest BCUT2D eigenvalue weighted by Gasteiger charge is -2.07. The molecule has 0 spiro atoms. The SMILES string of the molecule is Clc1cc(Cl)cc(Nc2cnnc(NC3CC3)n2)c1. The molecule has 2 N–H and O–H groups in total. The average molecular weight is 296 g/mol. The molecule has 0 saturated heterocycles. The fraction of sp³-hybridized carbons (Fsp3) is 0.250. The Kier molecular flexibility index (Phi) is 3.40. The normalized spacial score (nSPS) is 14.2. The van der Waals surface area contributed by atoms with E-state index in [-0.39, 0.29) is 0 Å². The van der Waals surface area contributed by atoms with Crippen molar-refractivity contribution in [3.8, 4) is 0 Å². The lowest BCUT2D eigenvalue weighted by Crippen LogP contribution is -2.07. The van der Waals surface area contributed by atoms with E-state index < -0.39 is 0 Å². The van der Waals surface area contributed by atoms with Gasteiger partial charge in [0.25, 0.3) is 0 Å². The van der Waals surface area contributed by atoms with Gasteiger partial charge in [0.1, 0.15) is 0 Å². The summed E-state index contributed by atoms with van der Waals surface area (Å²) in [6, 6.07) is 5.69. The van der Waals surface area contributed by atoms with Crippen molar-refractivity contribution < 1.29 is 0 Å². The van der Waals surface area contributed by atoms with Crippen LogP contribution in [0.4, 0.5) is 17.5 Å². The smallest absolute Gasteiger partial charge is 0.244 e. The van der Waals surface area contributed by atoms with E-state index in [0.717, 1.165) is 18.5 Å². The maximum atomic E-state index is 5.94. The summed E-state index contributed by atoms with van der Waals surface area (Å²) in [6.07, 6.45) is 3.86. The van der Waals surface area contributed by atoms with E-state index in [4.69, 9.17) is 23.2 Å². The van der Waals surface area contributed by atoms with Gasteiger partial charge in [0, 0.05) is 21.8 Å². The highest BCUT2D eigenvalue weighted by atomic mass is 35.5. The van der Waals surface area contributed by atoms with Crippen LogP contribution in [0.15, 0.2) is 24.4 Å². The second kappa shape index (κ2) is 5.19. The van der Waals surface area contributed by atoms with Gasteiger partial charge in [-0.3, -0.25) is 0 Å². The molecule has 0 radical (unpaired) electrons. The molecule has 1 aromatic carbocycles. The molecule has 0 aliphatic heterocycles. The molecule has 5 nitrogen and oxygen atoms in total. The first-order valence-electron chi connectivity index (χ1n) is 5.88. The van der Waals surface area contributed by atoms with E-state index in [2.05, 4.69) is 25.8 Å². The standard InChI is InChI=1S/C12H11Cl2N5/c13-7-3-8(14)5-10(4-7)16-11-6-15-19-12(18-11)17-9-1-2-9/h3-6,9H,1-2H2,(H2,16,17,18,19). The van der Waals surface area contributed by atoms with Crippen LogP contribution in [-0.2, 0) is 0 Å². The lowest BCUT2D eigenvalue weighted by molar-refractivity contribution is 0.947. The number of nitrogens with one attached hydrogen (secondary N) is 2. The van der Waals surface area contributed by atoms with E-state index in [0.29, 0.717) is 27.9 Å². The molecule has 0 bridgehead atoms. The van der Waals surface area contributed by atoms with Crippen LogP contribution in [0.1, 0.15) is 12.8 Å². The fourth-order valence-corrected chi connectivity index (χ4v) is 2.14. The number of nitrogens with zero attached hydrogens (tertiary/aromatic N) is 3. The fourth-order valence-electron chi connectivity index (χ4n) is 1.61. The van der Waals surface area contributed by atoms with Crippen molar-refractivity contribution in [1.82, 2.24) is 15.2 Å². The van der Waals surface area contributed by atoms with E-state index in [1.165, 1.54) is 0 Å². The van der Waals surface area contributed by atoms with Crippen molar-refractivity contribution in [2.24, 2.45) is 0 Å². The molecule has 1 aromatic heterocycles. The summed E-state index contributed by atoms with van der Waals surface area (Å²) in [7, 11) is 0. The molecule has 0 atom stereocenters. The third-order valence-corrected chi connectivity index (χ3v) is 3.04. The summed E-state index contributed by atoms with van der Waals surface area (Å²) >= 11 is 11.9. The summed E-state index contributed by atoms with van der Waals surface area (Å²) in [6.45, 7) is 0. The van der Waals surface area contributed by atoms with Crippen LogP contribution in [0.25, 0.3) is 0 Å². The van der Waals surface area contributed by atoms with Gasteiger partial charge in [-0.05, 0) is 31.0 Å². The predicted molar refractivity (Wildman–Crippen MR) is 76.2 cm³/mol. The molecule has 2 aromatic rings. The van der Waals surface area contributed by atoms with Gasteiger partial charge in [0.15, 0.2) is 5.82 Å². The van der Waals surface area contributed by atoms with Gasteiger partial charge >= 0.3 is 0 Å². The minimum atomic E-state index is 0.484. The van der Waals surface area contributed by atoms with Gasteiger partial charge in [-0.1, -0.05) is 23.2 Å². The summed E-state index contributed by atoms with van der Waals surface area (Å²) in [5.41, 5.74) is 0.760. The van der Waals surface area contributed by atoms with Crippen LogP contribution in [-0.4, -0.2) is 21.2 Å². The topological polar surface area (TPSA) is 62.7 Å². The molecule has 0 amide bonds. The lowest BCUT2D eigenvalue weighted by atomic mass is 10.3. The largest absolute Gasteiger partial charge is 0.350 e. The van der Waals surface area contributed by atoms with Gasteiger partial charge in [-0.15, -0.1) is 5.10 Å². The average Bonchev–Trinajstić information content (AvgIpc) is 3.12. The highest BCUT2D eigenvalue weighted by Gasteiger charge is 2.22. The first-order chi connectivity index (χ1) is 9.19. The van der Waals surface area contributed by atoms with E-state index >= 15 is 0 Å². The second-order valence-electron chi connectivity index (χ2n) is 4.37. The van der Waals surface area contributed by atoms with Crippen molar-refractivity contribution in [3.05, 3.63) is 34.4 Å². The number of hydrogen-bond acceptors (Lipinski definition) is 5. The zero-order valence-electron chi connectivity index (χ0n) is 9.90. The summed E-state index contributed by atoms with van der Waals surface area (Å²) < 4.78 is 0. The molecule has 7 heteroatoms. The Morgan fingerprint density at radius 3 is 2.53 bits per heavy atom. The van der Waals surface area contributed by atoms with Crippen LogP contribution < -0.4 is 10.6 Å². The Morgan fingerprint density at radius 1 is 1.11 bits per heavy atom. The van der Waals surface area contributed by atoms with Crippen LogP contribution in [0.3, 0.4) is 0 Å². The maximum absolute atomic E-state index is 5.94. The van der Waals surface area contributed by atoms with Gasteiger partial charge in [-0.2, -0.15) is 10.1 Å². The Morgan fingerprint density at radius 2 is 1.84 bits per heavy atom. The Labute approximate surface area is 120 Å². The Bertz CT molecular complexity index is 580. The first kappa shape index (κ1) is 12.4. The molecule has 1 saturated carbocycles. The van der Waals surface area contributed by atoms with Gasteiger partial charge in [-0.25, -0.2) is 0 Å². The van der Waals surface area contributed by atoms with Crippen molar-refractivity contribution in [2.75, 3.05) is 10.6 Å². The molecule has 98 valence electrons. The van der Waals surface area contributed by atoms with Crippen LogP contribution in [0.5, 0.6) is 0 Å². The second-order valence-corrected chi connectivity index (χ2v) is 5.24. The van der Waals surface area contributed by atoms with E-state index in [1.54, 1.807) is 24.4 Å².